The lowest BCUT2D eigenvalue weighted by molar-refractivity contribution is -0.106. The summed E-state index contributed by atoms with van der Waals surface area (Å²) in [6.45, 7) is 4.45. The van der Waals surface area contributed by atoms with Gasteiger partial charge >= 0.3 is 0 Å². The van der Waals surface area contributed by atoms with Gasteiger partial charge in [-0.2, -0.15) is 0 Å². The number of hydrogen-bond donors (Lipinski definition) is 3. The Morgan fingerprint density at radius 3 is 2.68 bits per heavy atom. The summed E-state index contributed by atoms with van der Waals surface area (Å²) in [7, 11) is 0. The normalized spacial score (nSPS) is 22.8. The highest BCUT2D eigenvalue weighted by molar-refractivity contribution is 8.03. The average molecular weight is 419 g/mol. The number of carbonyl (C=O) groups is 1. The van der Waals surface area contributed by atoms with Gasteiger partial charge in [0.1, 0.15) is 5.03 Å². The smallest absolute Gasteiger partial charge is 0.204 e. The number of allylic oxidation sites excluding steroid dienone is 3. The molecule has 1 aromatic heterocycles. The van der Waals surface area contributed by atoms with Crippen molar-refractivity contribution < 1.29 is 4.79 Å². The van der Waals surface area contributed by atoms with E-state index in [0.29, 0.717) is 5.02 Å². The van der Waals surface area contributed by atoms with Gasteiger partial charge in [-0.15, -0.1) is 12.8 Å². The summed E-state index contributed by atoms with van der Waals surface area (Å²) < 4.78 is 0. The molecular weight excluding hydrogens is 392 g/mol. The largest absolute Gasteiger partial charge is 0.372 e. The van der Waals surface area contributed by atoms with Gasteiger partial charge in [0.2, 0.25) is 6.41 Å². The lowest BCUT2D eigenvalue weighted by Crippen LogP contribution is -2.30. The summed E-state index contributed by atoms with van der Waals surface area (Å²) in [6.07, 6.45) is 21.0. The zero-order chi connectivity index (χ0) is 20.9. The number of nitrogens with zero attached hydrogens (tertiary/aromatic N) is 1. The molecular formula is C21H27ClN4OS. The quantitative estimate of drug-likeness (QED) is 0.369. The first kappa shape index (κ1) is 23.8. The van der Waals surface area contributed by atoms with Crippen molar-refractivity contribution in [2.45, 2.75) is 37.8 Å². The highest BCUT2D eigenvalue weighted by Gasteiger charge is 2.34. The van der Waals surface area contributed by atoms with Crippen LogP contribution in [-0.4, -0.2) is 17.4 Å². The third-order valence-corrected chi connectivity index (χ3v) is 5.60. The van der Waals surface area contributed by atoms with E-state index < -0.39 is 0 Å². The molecule has 1 aromatic rings. The number of hydrogen-bond acceptors (Lipinski definition) is 5. The number of halogens is 1. The second kappa shape index (κ2) is 13.1. The fraction of sp³-hybridized carbons (Fsp3) is 0.333. The molecule has 1 aliphatic carbocycles. The molecule has 1 aliphatic heterocycles. The van der Waals surface area contributed by atoms with E-state index in [9.17, 15) is 0 Å². The van der Waals surface area contributed by atoms with Gasteiger partial charge in [0.05, 0.1) is 11.1 Å². The van der Waals surface area contributed by atoms with Crippen LogP contribution in [0.4, 0.5) is 0 Å². The average Bonchev–Trinajstić information content (AvgIpc) is 3.26. The van der Waals surface area contributed by atoms with Crippen LogP contribution in [0.5, 0.6) is 0 Å². The number of carbonyl (C=O) groups excluding carboxylic acids is 1. The molecule has 1 amide bonds. The second-order valence-corrected chi connectivity index (χ2v) is 7.72. The first-order chi connectivity index (χ1) is 13.6. The van der Waals surface area contributed by atoms with Crippen molar-refractivity contribution >= 4 is 29.8 Å². The molecule has 0 aromatic carbocycles. The molecule has 1 fully saturated rings. The lowest BCUT2D eigenvalue weighted by atomic mass is 10.1. The van der Waals surface area contributed by atoms with Gasteiger partial charge in [-0.3, -0.25) is 4.79 Å². The first-order valence-corrected chi connectivity index (χ1v) is 10.1. The third kappa shape index (κ3) is 7.81. The summed E-state index contributed by atoms with van der Waals surface area (Å²) in [5.41, 5.74) is 12.0. The molecule has 2 aliphatic rings. The number of aromatic nitrogens is 1. The summed E-state index contributed by atoms with van der Waals surface area (Å²) in [4.78, 5) is 14.2. The van der Waals surface area contributed by atoms with E-state index in [0.717, 1.165) is 23.3 Å². The molecule has 4 N–H and O–H groups in total. The van der Waals surface area contributed by atoms with E-state index in [1.165, 1.54) is 16.9 Å². The third-order valence-electron chi connectivity index (χ3n) is 4.29. The Hall–Kier alpha value is -2.20. The minimum absolute atomic E-state index is 0.250. The highest BCUT2D eigenvalue weighted by atomic mass is 35.5. The Balaban J connectivity index is 0.000000717. The van der Waals surface area contributed by atoms with Crippen LogP contribution in [0.1, 0.15) is 26.7 Å². The zero-order valence-electron chi connectivity index (χ0n) is 16.1. The van der Waals surface area contributed by atoms with Crippen LogP contribution in [-0.2, 0) is 4.79 Å². The van der Waals surface area contributed by atoms with Gasteiger partial charge in [-0.25, -0.2) is 10.4 Å². The van der Waals surface area contributed by atoms with Gasteiger partial charge in [-0.05, 0) is 49.3 Å². The molecule has 150 valence electrons. The topological polar surface area (TPSA) is 80.0 Å². The van der Waals surface area contributed by atoms with Crippen LogP contribution in [0.25, 0.3) is 0 Å². The molecule has 0 saturated heterocycles. The summed E-state index contributed by atoms with van der Waals surface area (Å²) in [6, 6.07) is 4.10. The first-order valence-electron chi connectivity index (χ1n) is 8.91. The predicted molar refractivity (Wildman–Crippen MR) is 118 cm³/mol. The highest BCUT2D eigenvalue weighted by Crippen LogP contribution is 2.44. The number of terminal acetylenes is 1. The van der Waals surface area contributed by atoms with E-state index in [4.69, 9.17) is 16.4 Å². The summed E-state index contributed by atoms with van der Waals surface area (Å²) in [5, 5.41) is 1.62. The van der Waals surface area contributed by atoms with E-state index in [1.54, 1.807) is 18.0 Å². The van der Waals surface area contributed by atoms with Gasteiger partial charge in [0.15, 0.2) is 0 Å². The van der Waals surface area contributed by atoms with Crippen LogP contribution in [0.3, 0.4) is 0 Å². The maximum atomic E-state index is 8.58. The summed E-state index contributed by atoms with van der Waals surface area (Å²) in [5.74, 6) is 1.62. The number of thioether (sulfide) groups is 1. The van der Waals surface area contributed by atoms with Gasteiger partial charge in [0.25, 0.3) is 0 Å². The van der Waals surface area contributed by atoms with Crippen molar-refractivity contribution in [1.82, 2.24) is 15.8 Å². The molecule has 0 bridgehead atoms. The number of hydrazine groups is 1. The monoisotopic (exact) mass is 418 g/mol. The maximum Gasteiger partial charge on any atom is 0.204 e. The standard InChI is InChI=1S/C18H22ClN3S.C2H2.CH3NO/c1-3-13(15-9-12(15)2)5-4-6-16-17(11-21-22-16)23-18-8-7-14(19)10-20-18;1-2;2-1-3/h3-5,7-8,10-12,15-16,21-22H,6,9H2,1-2H3;1-2H;1H,(H2,2,3)/b5-4-,13-3+;;. The number of nitrogens with one attached hydrogen (secondary N) is 2. The van der Waals surface area contributed by atoms with Crippen molar-refractivity contribution in [3.8, 4) is 12.8 Å². The Morgan fingerprint density at radius 2 is 2.14 bits per heavy atom. The van der Waals surface area contributed by atoms with Crippen molar-refractivity contribution in [3.63, 3.8) is 0 Å². The van der Waals surface area contributed by atoms with Crippen molar-refractivity contribution in [2.24, 2.45) is 17.6 Å². The molecule has 3 unspecified atom stereocenters. The number of pyridine rings is 1. The molecule has 2 heterocycles. The van der Waals surface area contributed by atoms with Crippen molar-refractivity contribution in [3.05, 3.63) is 58.3 Å². The molecule has 1 saturated carbocycles. The Labute approximate surface area is 176 Å². The molecule has 0 spiro atoms. The van der Waals surface area contributed by atoms with Gasteiger partial charge < -0.3 is 11.2 Å². The predicted octanol–water partition coefficient (Wildman–Crippen LogP) is 4.04. The molecule has 5 nitrogen and oxygen atoms in total. The van der Waals surface area contributed by atoms with Crippen LogP contribution < -0.4 is 16.6 Å². The molecule has 3 atom stereocenters. The van der Waals surface area contributed by atoms with Gasteiger partial charge in [-0.1, -0.05) is 48.5 Å². The lowest BCUT2D eigenvalue weighted by Gasteiger charge is -2.12. The molecule has 3 rings (SSSR count). The summed E-state index contributed by atoms with van der Waals surface area (Å²) >= 11 is 7.55. The Bertz CT molecular complexity index is 728. The fourth-order valence-electron chi connectivity index (χ4n) is 2.76. The number of rotatable bonds is 6. The molecule has 7 heteroatoms. The Kier molecular flexibility index (Phi) is 11.1. The van der Waals surface area contributed by atoms with Crippen molar-refractivity contribution in [2.75, 3.05) is 0 Å². The second-order valence-electron chi connectivity index (χ2n) is 6.19. The SMILES string of the molecule is C#C.C/C=C(\C=C/CC1NNC=C1Sc1ccc(Cl)cn1)C1CC1C.NC=O. The van der Waals surface area contributed by atoms with Crippen LogP contribution in [0.2, 0.25) is 5.02 Å². The van der Waals surface area contributed by atoms with Crippen molar-refractivity contribution in [1.29, 1.82) is 0 Å². The minimum Gasteiger partial charge on any atom is -0.372 e. The van der Waals surface area contributed by atoms with Crippen LogP contribution in [0.15, 0.2) is 58.3 Å². The molecule has 0 radical (unpaired) electrons. The van der Waals surface area contributed by atoms with Crippen LogP contribution in [0, 0.1) is 24.7 Å². The fourth-order valence-corrected chi connectivity index (χ4v) is 3.77. The van der Waals surface area contributed by atoms with E-state index in [1.807, 2.05) is 18.3 Å². The van der Waals surface area contributed by atoms with Gasteiger partial charge in [0, 0.05) is 17.3 Å². The molecule has 28 heavy (non-hydrogen) atoms. The number of nitrogens with two attached hydrogens (primary N) is 1. The Morgan fingerprint density at radius 1 is 1.46 bits per heavy atom. The van der Waals surface area contributed by atoms with E-state index >= 15 is 0 Å². The maximum absolute atomic E-state index is 8.58. The number of amides is 1. The minimum atomic E-state index is 0.250. The zero-order valence-corrected chi connectivity index (χ0v) is 17.7. The van der Waals surface area contributed by atoms with Crippen LogP contribution >= 0.6 is 23.4 Å². The van der Waals surface area contributed by atoms with E-state index in [2.05, 4.69) is 66.5 Å². The van der Waals surface area contributed by atoms with E-state index in [-0.39, 0.29) is 12.5 Å². The number of primary amides is 1.